The Morgan fingerprint density at radius 3 is 2.50 bits per heavy atom. The van der Waals surface area contributed by atoms with Crippen molar-refractivity contribution in [2.75, 3.05) is 0 Å². The Bertz CT molecular complexity index is 269. The quantitative estimate of drug-likeness (QED) is 0.647. The molecule has 0 saturated heterocycles. The summed E-state index contributed by atoms with van der Waals surface area (Å²) in [5.41, 5.74) is 1.22. The van der Waals surface area contributed by atoms with Gasteiger partial charge in [0.25, 0.3) is 0 Å². The van der Waals surface area contributed by atoms with Crippen molar-refractivity contribution in [2.24, 2.45) is 0 Å². The Hall–Kier alpha value is -0.140. The topological polar surface area (TPSA) is 0 Å². The van der Waals surface area contributed by atoms with Gasteiger partial charge in [-0.25, -0.2) is 0 Å². The number of halogens is 1. The Kier molecular flexibility index (Phi) is 3.48. The molecule has 0 unspecified atom stereocenters. The van der Waals surface area contributed by atoms with Crippen molar-refractivity contribution in [3.05, 3.63) is 28.8 Å². The van der Waals surface area contributed by atoms with Gasteiger partial charge in [0, 0.05) is 10.1 Å². The van der Waals surface area contributed by atoms with Gasteiger partial charge in [-0.3, -0.25) is 0 Å². The molecule has 0 saturated carbocycles. The molecule has 0 nitrogen and oxygen atoms in total. The van der Waals surface area contributed by atoms with E-state index in [1.54, 1.807) is 11.8 Å². The summed E-state index contributed by atoms with van der Waals surface area (Å²) in [6.45, 7) is 6.39. The molecular weight excluding hydrogens is 188 g/mol. The minimum atomic E-state index is 0.588. The van der Waals surface area contributed by atoms with E-state index >= 15 is 0 Å². The van der Waals surface area contributed by atoms with Crippen LogP contribution in [-0.2, 0) is 0 Å². The molecule has 0 heterocycles. The predicted octanol–water partition coefficient (Wildman–Crippen LogP) is 4.15. The summed E-state index contributed by atoms with van der Waals surface area (Å²) in [6, 6.07) is 6.19. The molecule has 0 aliphatic carbocycles. The summed E-state index contributed by atoms with van der Waals surface area (Å²) in [7, 11) is 0. The van der Waals surface area contributed by atoms with E-state index < -0.39 is 0 Å². The smallest absolute Gasteiger partial charge is 0.0544 e. The van der Waals surface area contributed by atoms with Gasteiger partial charge < -0.3 is 0 Å². The van der Waals surface area contributed by atoms with Gasteiger partial charge in [0.05, 0.1) is 5.02 Å². The molecule has 1 aromatic carbocycles. The highest BCUT2D eigenvalue weighted by molar-refractivity contribution is 8.00. The van der Waals surface area contributed by atoms with E-state index in [1.807, 2.05) is 6.07 Å². The van der Waals surface area contributed by atoms with E-state index in [4.69, 9.17) is 11.6 Å². The van der Waals surface area contributed by atoms with Gasteiger partial charge in [0.1, 0.15) is 0 Å². The molecule has 0 spiro atoms. The van der Waals surface area contributed by atoms with Gasteiger partial charge >= 0.3 is 0 Å². The van der Waals surface area contributed by atoms with Crippen LogP contribution in [0.5, 0.6) is 0 Å². The molecule has 2 heteroatoms. The van der Waals surface area contributed by atoms with Gasteiger partial charge in [-0.15, -0.1) is 11.8 Å². The zero-order valence-corrected chi connectivity index (χ0v) is 9.17. The molecular formula is C10H13ClS. The lowest BCUT2D eigenvalue weighted by molar-refractivity contribution is 1.11. The lowest BCUT2D eigenvalue weighted by Crippen LogP contribution is -1.86. The lowest BCUT2D eigenvalue weighted by atomic mass is 10.2. The molecule has 0 aromatic heterocycles. The highest BCUT2D eigenvalue weighted by Gasteiger charge is 2.02. The minimum absolute atomic E-state index is 0.588. The van der Waals surface area contributed by atoms with E-state index in [0.29, 0.717) is 5.25 Å². The molecule has 0 atom stereocenters. The van der Waals surface area contributed by atoms with E-state index in [1.165, 1.54) is 10.5 Å². The Labute approximate surface area is 83.3 Å². The SMILES string of the molecule is Cc1ccc(SC(C)C)c(Cl)c1. The largest absolute Gasteiger partial charge is 0.122 e. The third-order valence-electron chi connectivity index (χ3n) is 1.45. The Balaban J connectivity index is 2.86. The van der Waals surface area contributed by atoms with Crippen molar-refractivity contribution in [2.45, 2.75) is 30.9 Å². The van der Waals surface area contributed by atoms with Crippen LogP contribution in [0.2, 0.25) is 5.02 Å². The summed E-state index contributed by atoms with van der Waals surface area (Å²) in [6.07, 6.45) is 0. The average Bonchev–Trinajstić information content (AvgIpc) is 1.94. The monoisotopic (exact) mass is 200 g/mol. The first kappa shape index (κ1) is 9.94. The van der Waals surface area contributed by atoms with Crippen LogP contribution in [0.4, 0.5) is 0 Å². The second-order valence-electron chi connectivity index (χ2n) is 3.10. The molecule has 0 fully saturated rings. The van der Waals surface area contributed by atoms with Crippen LogP contribution in [0.1, 0.15) is 19.4 Å². The molecule has 0 N–H and O–H groups in total. The number of hydrogen-bond donors (Lipinski definition) is 0. The van der Waals surface area contributed by atoms with Gasteiger partial charge in [0.2, 0.25) is 0 Å². The molecule has 1 rings (SSSR count). The maximum Gasteiger partial charge on any atom is 0.0544 e. The molecule has 12 heavy (non-hydrogen) atoms. The van der Waals surface area contributed by atoms with Crippen LogP contribution >= 0.6 is 23.4 Å². The summed E-state index contributed by atoms with van der Waals surface area (Å²) in [4.78, 5) is 1.18. The van der Waals surface area contributed by atoms with Crippen LogP contribution in [0.15, 0.2) is 23.1 Å². The zero-order valence-electron chi connectivity index (χ0n) is 7.60. The van der Waals surface area contributed by atoms with Crippen LogP contribution in [-0.4, -0.2) is 5.25 Å². The second-order valence-corrected chi connectivity index (χ2v) is 5.13. The predicted molar refractivity (Wildman–Crippen MR) is 57.2 cm³/mol. The Morgan fingerprint density at radius 1 is 1.33 bits per heavy atom. The first-order chi connectivity index (χ1) is 5.59. The van der Waals surface area contributed by atoms with Crippen LogP contribution in [0.25, 0.3) is 0 Å². The zero-order chi connectivity index (χ0) is 9.14. The normalized spacial score (nSPS) is 10.8. The molecule has 0 bridgehead atoms. The number of benzene rings is 1. The maximum absolute atomic E-state index is 6.05. The lowest BCUT2D eigenvalue weighted by Gasteiger charge is -2.06. The molecule has 1 aromatic rings. The van der Waals surface area contributed by atoms with Crippen LogP contribution in [0, 0.1) is 6.92 Å². The number of thioether (sulfide) groups is 1. The average molecular weight is 201 g/mol. The van der Waals surface area contributed by atoms with Crippen molar-refractivity contribution < 1.29 is 0 Å². The Morgan fingerprint density at radius 2 is 2.00 bits per heavy atom. The molecule has 66 valence electrons. The van der Waals surface area contributed by atoms with Crippen molar-refractivity contribution >= 4 is 23.4 Å². The maximum atomic E-state index is 6.05. The first-order valence-electron chi connectivity index (χ1n) is 4.02. The summed E-state index contributed by atoms with van der Waals surface area (Å²) >= 11 is 7.85. The summed E-state index contributed by atoms with van der Waals surface area (Å²) in [5.74, 6) is 0. The van der Waals surface area contributed by atoms with Gasteiger partial charge in [-0.1, -0.05) is 31.5 Å². The van der Waals surface area contributed by atoms with E-state index in [9.17, 15) is 0 Å². The van der Waals surface area contributed by atoms with E-state index in [2.05, 4.69) is 32.9 Å². The number of rotatable bonds is 2. The van der Waals surface area contributed by atoms with E-state index in [0.717, 1.165) is 5.02 Å². The number of hydrogen-bond acceptors (Lipinski definition) is 1. The first-order valence-corrected chi connectivity index (χ1v) is 5.28. The van der Waals surface area contributed by atoms with Gasteiger partial charge in [0.15, 0.2) is 0 Å². The van der Waals surface area contributed by atoms with Gasteiger partial charge in [-0.05, 0) is 24.6 Å². The number of aryl methyl sites for hydroxylation is 1. The van der Waals surface area contributed by atoms with Crippen molar-refractivity contribution in [1.29, 1.82) is 0 Å². The van der Waals surface area contributed by atoms with Gasteiger partial charge in [-0.2, -0.15) is 0 Å². The fraction of sp³-hybridized carbons (Fsp3) is 0.400. The molecule has 0 aliphatic rings. The second kappa shape index (κ2) is 4.20. The molecule has 0 aliphatic heterocycles. The van der Waals surface area contributed by atoms with Crippen molar-refractivity contribution in [1.82, 2.24) is 0 Å². The molecule has 0 radical (unpaired) electrons. The van der Waals surface area contributed by atoms with Crippen molar-refractivity contribution in [3.8, 4) is 0 Å². The van der Waals surface area contributed by atoms with Crippen molar-refractivity contribution in [3.63, 3.8) is 0 Å². The standard InChI is InChI=1S/C10H13ClS/c1-7(2)12-10-5-4-8(3)6-9(10)11/h4-7H,1-3H3. The minimum Gasteiger partial charge on any atom is -0.122 e. The fourth-order valence-corrected chi connectivity index (χ4v) is 2.15. The summed E-state index contributed by atoms with van der Waals surface area (Å²) < 4.78 is 0. The van der Waals surface area contributed by atoms with Crippen LogP contribution < -0.4 is 0 Å². The highest BCUT2D eigenvalue weighted by Crippen LogP contribution is 2.30. The molecule has 0 amide bonds. The highest BCUT2D eigenvalue weighted by atomic mass is 35.5. The fourth-order valence-electron chi connectivity index (χ4n) is 0.955. The van der Waals surface area contributed by atoms with E-state index in [-0.39, 0.29) is 0 Å². The van der Waals surface area contributed by atoms with Crippen LogP contribution in [0.3, 0.4) is 0 Å². The third-order valence-corrected chi connectivity index (χ3v) is 2.96. The summed E-state index contributed by atoms with van der Waals surface area (Å²) in [5, 5.41) is 1.46. The third kappa shape index (κ3) is 2.72.